The number of aryl methyl sites for hydroxylation is 2. The molecule has 5 nitrogen and oxygen atoms in total. The Labute approximate surface area is 134 Å². The van der Waals surface area contributed by atoms with Gasteiger partial charge in [-0.1, -0.05) is 18.2 Å². The number of nitrogens with one attached hydrogen (secondary N) is 3. The molecule has 1 saturated heterocycles. The van der Waals surface area contributed by atoms with E-state index in [1.807, 2.05) is 50.4 Å². The lowest BCUT2D eigenvalue weighted by molar-refractivity contribution is -0.113. The van der Waals surface area contributed by atoms with Gasteiger partial charge in [0.25, 0.3) is 0 Å². The third-order valence-corrected chi connectivity index (χ3v) is 4.75. The number of nitrogens with zero attached hydrogens (tertiary/aromatic N) is 1. The fourth-order valence-electron chi connectivity index (χ4n) is 2.43. The molecule has 0 unspecified atom stereocenters. The van der Waals surface area contributed by atoms with E-state index in [1.165, 1.54) is 0 Å². The minimum Gasteiger partial charge on any atom is -0.332 e. The molecule has 1 aromatic carbocycles. The lowest BCUT2D eigenvalue weighted by atomic mass is 10.1. The highest BCUT2D eigenvalue weighted by Crippen LogP contribution is 2.23. The Balaban J connectivity index is 1.53. The van der Waals surface area contributed by atoms with Crippen LogP contribution >= 0.6 is 11.8 Å². The molecule has 1 amide bonds. The van der Waals surface area contributed by atoms with Crippen LogP contribution in [0.15, 0.2) is 42.6 Å². The summed E-state index contributed by atoms with van der Waals surface area (Å²) in [5, 5.41) is 2.99. The van der Waals surface area contributed by atoms with Crippen LogP contribution in [-0.4, -0.2) is 28.2 Å². The minimum atomic E-state index is 0.0143. The summed E-state index contributed by atoms with van der Waals surface area (Å²) < 4.78 is 0. The number of carbonyl (C=O) groups excluding carboxylic acids is 1. The molecular weight excluding hydrogens is 296 g/mol. The summed E-state index contributed by atoms with van der Waals surface area (Å²) in [4.78, 5) is 14.3. The maximum absolute atomic E-state index is 12.2. The van der Waals surface area contributed by atoms with E-state index in [9.17, 15) is 4.79 Å². The largest absolute Gasteiger partial charge is 0.332 e. The molecule has 0 radical (unpaired) electrons. The topological polar surface area (TPSA) is 56.4 Å². The number of hydrazine groups is 1. The number of benzene rings is 1. The zero-order valence-electron chi connectivity index (χ0n) is 12.7. The fraction of sp³-hybridized carbons (Fsp3) is 0.312. The van der Waals surface area contributed by atoms with Crippen LogP contribution in [0.2, 0.25) is 0 Å². The molecule has 0 aromatic heterocycles. The molecule has 2 aliphatic heterocycles. The first-order valence-electron chi connectivity index (χ1n) is 7.26. The maximum Gasteiger partial charge on any atom is 0.234 e. The van der Waals surface area contributed by atoms with Gasteiger partial charge in [0.05, 0.1) is 5.75 Å². The second-order valence-corrected chi connectivity index (χ2v) is 6.51. The second kappa shape index (κ2) is 6.56. The number of hydrogen-bond donors (Lipinski definition) is 3. The van der Waals surface area contributed by atoms with Gasteiger partial charge in [0.15, 0.2) is 0 Å². The molecule has 6 heteroatoms. The monoisotopic (exact) mass is 316 g/mol. The number of thioether (sulfide) groups is 1. The van der Waals surface area contributed by atoms with Gasteiger partial charge in [-0.25, -0.2) is 10.9 Å². The SMILES string of the molecule is Cc1ccc(C)c(NC(=O)CS[C@H]2NN[C@@H]3C=CC=CN23)c1. The highest BCUT2D eigenvalue weighted by molar-refractivity contribution is 8.00. The molecule has 2 heterocycles. The van der Waals surface area contributed by atoms with Gasteiger partial charge < -0.3 is 10.2 Å². The zero-order chi connectivity index (χ0) is 15.5. The molecular formula is C16H20N4OS. The number of fused-ring (bicyclic) bond motifs is 1. The smallest absolute Gasteiger partial charge is 0.234 e. The van der Waals surface area contributed by atoms with Crippen LogP contribution in [0.3, 0.4) is 0 Å². The molecule has 0 spiro atoms. The summed E-state index contributed by atoms with van der Waals surface area (Å²) in [5.74, 6) is 0.411. The van der Waals surface area contributed by atoms with Crippen LogP contribution in [0.5, 0.6) is 0 Å². The summed E-state index contributed by atoms with van der Waals surface area (Å²) in [6, 6.07) is 6.07. The fourth-order valence-corrected chi connectivity index (χ4v) is 3.33. The van der Waals surface area contributed by atoms with E-state index in [0.717, 1.165) is 16.8 Å². The molecule has 2 atom stereocenters. The number of amides is 1. The quantitative estimate of drug-likeness (QED) is 0.794. The van der Waals surface area contributed by atoms with Crippen molar-refractivity contribution >= 4 is 23.4 Å². The van der Waals surface area contributed by atoms with Gasteiger partial charge in [-0.05, 0) is 43.2 Å². The highest BCUT2D eigenvalue weighted by Gasteiger charge is 2.30. The van der Waals surface area contributed by atoms with Gasteiger partial charge in [0.1, 0.15) is 11.7 Å². The van der Waals surface area contributed by atoms with Crippen LogP contribution in [0.1, 0.15) is 11.1 Å². The van der Waals surface area contributed by atoms with Gasteiger partial charge in [-0.2, -0.15) is 0 Å². The van der Waals surface area contributed by atoms with E-state index in [-0.39, 0.29) is 17.6 Å². The van der Waals surface area contributed by atoms with Crippen LogP contribution in [0.4, 0.5) is 5.69 Å². The van der Waals surface area contributed by atoms with Crippen molar-refractivity contribution in [2.75, 3.05) is 11.1 Å². The summed E-state index contributed by atoms with van der Waals surface area (Å²) in [7, 11) is 0. The molecule has 1 fully saturated rings. The predicted octanol–water partition coefficient (Wildman–Crippen LogP) is 2.08. The van der Waals surface area contributed by atoms with E-state index < -0.39 is 0 Å². The molecule has 3 N–H and O–H groups in total. The lowest BCUT2D eigenvalue weighted by Crippen LogP contribution is -2.33. The Kier molecular flexibility index (Phi) is 4.52. The first kappa shape index (κ1) is 15.1. The van der Waals surface area contributed by atoms with Crippen molar-refractivity contribution in [1.29, 1.82) is 0 Å². The standard InChI is InChI=1S/C16H20N4OS/c1-11-6-7-12(2)13(9-11)17-15(21)10-22-16-19-18-14-5-3-4-8-20(14)16/h3-9,14,16,18-19H,10H2,1-2H3,(H,17,21)/t14-,16-/m0/s1. The van der Waals surface area contributed by atoms with Crippen LogP contribution < -0.4 is 16.2 Å². The molecule has 2 aliphatic rings. The molecule has 22 heavy (non-hydrogen) atoms. The van der Waals surface area contributed by atoms with Crippen molar-refractivity contribution in [1.82, 2.24) is 15.8 Å². The average molecular weight is 316 g/mol. The predicted molar refractivity (Wildman–Crippen MR) is 91.0 cm³/mol. The van der Waals surface area contributed by atoms with Crippen molar-refractivity contribution in [3.63, 3.8) is 0 Å². The Morgan fingerprint density at radius 1 is 1.32 bits per heavy atom. The number of allylic oxidation sites excluding steroid dienone is 2. The Bertz CT molecular complexity index is 629. The van der Waals surface area contributed by atoms with Crippen molar-refractivity contribution < 1.29 is 4.79 Å². The van der Waals surface area contributed by atoms with Crippen molar-refractivity contribution in [3.8, 4) is 0 Å². The van der Waals surface area contributed by atoms with E-state index in [2.05, 4.69) is 27.1 Å². The van der Waals surface area contributed by atoms with Gasteiger partial charge in [-0.3, -0.25) is 4.79 Å². The highest BCUT2D eigenvalue weighted by atomic mass is 32.2. The first-order valence-corrected chi connectivity index (χ1v) is 8.30. The van der Waals surface area contributed by atoms with E-state index in [0.29, 0.717) is 5.75 Å². The van der Waals surface area contributed by atoms with Gasteiger partial charge in [-0.15, -0.1) is 11.8 Å². The Morgan fingerprint density at radius 2 is 2.18 bits per heavy atom. The number of carbonyl (C=O) groups is 1. The van der Waals surface area contributed by atoms with Crippen molar-refractivity contribution in [3.05, 3.63) is 53.8 Å². The third kappa shape index (κ3) is 3.35. The molecule has 0 aliphatic carbocycles. The summed E-state index contributed by atoms with van der Waals surface area (Å²) >= 11 is 1.56. The van der Waals surface area contributed by atoms with Gasteiger partial charge >= 0.3 is 0 Å². The normalized spacial score (nSPS) is 22.7. The Hall–Kier alpha value is -1.76. The molecule has 116 valence electrons. The number of rotatable bonds is 4. The number of hydrogen-bond acceptors (Lipinski definition) is 5. The zero-order valence-corrected chi connectivity index (χ0v) is 13.5. The first-order chi connectivity index (χ1) is 10.6. The molecule has 3 rings (SSSR count). The lowest BCUT2D eigenvalue weighted by Gasteiger charge is -2.25. The second-order valence-electron chi connectivity index (χ2n) is 5.44. The molecule has 0 saturated carbocycles. The van der Waals surface area contributed by atoms with E-state index in [4.69, 9.17) is 0 Å². The van der Waals surface area contributed by atoms with Crippen molar-refractivity contribution in [2.24, 2.45) is 0 Å². The van der Waals surface area contributed by atoms with E-state index >= 15 is 0 Å². The maximum atomic E-state index is 12.2. The summed E-state index contributed by atoms with van der Waals surface area (Å²) in [5.41, 5.74) is 9.54. The average Bonchev–Trinajstić information content (AvgIpc) is 2.92. The molecule has 1 aromatic rings. The van der Waals surface area contributed by atoms with Crippen LogP contribution in [-0.2, 0) is 4.79 Å². The van der Waals surface area contributed by atoms with Crippen LogP contribution in [0.25, 0.3) is 0 Å². The van der Waals surface area contributed by atoms with Gasteiger partial charge in [0.2, 0.25) is 5.91 Å². The van der Waals surface area contributed by atoms with E-state index in [1.54, 1.807) is 11.8 Å². The number of anilines is 1. The minimum absolute atomic E-state index is 0.0143. The van der Waals surface area contributed by atoms with Crippen LogP contribution in [0, 0.1) is 13.8 Å². The van der Waals surface area contributed by atoms with Crippen molar-refractivity contribution in [2.45, 2.75) is 25.5 Å². The Morgan fingerprint density at radius 3 is 3.05 bits per heavy atom. The summed E-state index contributed by atoms with van der Waals surface area (Å²) in [6.45, 7) is 4.02. The van der Waals surface area contributed by atoms with Gasteiger partial charge in [0, 0.05) is 11.9 Å². The molecule has 0 bridgehead atoms. The summed E-state index contributed by atoms with van der Waals surface area (Å²) in [6.07, 6.45) is 8.26. The third-order valence-electron chi connectivity index (χ3n) is 3.65.